The predicted molar refractivity (Wildman–Crippen MR) is 77.8 cm³/mol. The lowest BCUT2D eigenvalue weighted by Crippen LogP contribution is -2.10. The average molecular weight is 290 g/mol. The van der Waals surface area contributed by atoms with Gasteiger partial charge in [-0.15, -0.1) is 0 Å². The van der Waals surface area contributed by atoms with Crippen LogP contribution in [0.25, 0.3) is 16.5 Å². The van der Waals surface area contributed by atoms with E-state index in [2.05, 4.69) is 0 Å². The maximum Gasteiger partial charge on any atom is 0.313 e. The molecule has 0 fully saturated rings. The molecule has 0 saturated carbocycles. The van der Waals surface area contributed by atoms with Crippen LogP contribution in [0, 0.1) is 0 Å². The van der Waals surface area contributed by atoms with Crippen molar-refractivity contribution in [3.63, 3.8) is 0 Å². The fraction of sp³-hybridized carbons (Fsp3) is 0. The predicted octanol–water partition coefficient (Wildman–Crippen LogP) is 3.52. The highest BCUT2D eigenvalue weighted by atomic mass is 35.5. The van der Waals surface area contributed by atoms with Crippen molar-refractivity contribution < 1.29 is 4.79 Å². The number of halogens is 1. The second kappa shape index (κ2) is 4.64. The molecule has 94 valence electrons. The lowest BCUT2D eigenvalue weighted by Gasteiger charge is -2.07. The molecule has 1 heterocycles. The zero-order valence-corrected chi connectivity index (χ0v) is 11.2. The van der Waals surface area contributed by atoms with Crippen LogP contribution in [-0.2, 0) is 0 Å². The van der Waals surface area contributed by atoms with Gasteiger partial charge < -0.3 is 0 Å². The molecule has 5 heteroatoms. The minimum Gasteiger partial charge on any atom is -0.297 e. The number of nitrogens with zero attached hydrogens (tertiary/aromatic N) is 1. The van der Waals surface area contributed by atoms with Crippen LogP contribution in [-0.4, -0.2) is 10.9 Å². The normalized spacial score (nSPS) is 10.8. The standard InChI is InChI=1S/C14H8ClNO2S/c15-13-12(8-17)19-14(18)16(13)11-7-3-5-9-4-1-2-6-10(9)11/h1-8H. The largest absolute Gasteiger partial charge is 0.313 e. The molecule has 0 N–H and O–H groups in total. The van der Waals surface area contributed by atoms with Crippen LogP contribution in [0.5, 0.6) is 0 Å². The minimum atomic E-state index is -0.261. The highest BCUT2D eigenvalue weighted by Gasteiger charge is 2.15. The summed E-state index contributed by atoms with van der Waals surface area (Å²) in [5.74, 6) is 0. The fourth-order valence-corrected chi connectivity index (χ4v) is 3.12. The van der Waals surface area contributed by atoms with Gasteiger partial charge in [0.25, 0.3) is 0 Å². The molecule has 19 heavy (non-hydrogen) atoms. The van der Waals surface area contributed by atoms with E-state index >= 15 is 0 Å². The maximum atomic E-state index is 12.0. The van der Waals surface area contributed by atoms with E-state index in [0.717, 1.165) is 22.1 Å². The lowest BCUT2D eigenvalue weighted by atomic mass is 10.1. The number of carbonyl (C=O) groups excluding carboxylic acids is 1. The van der Waals surface area contributed by atoms with Crippen LogP contribution in [0.3, 0.4) is 0 Å². The van der Waals surface area contributed by atoms with E-state index in [-0.39, 0.29) is 14.9 Å². The number of aromatic nitrogens is 1. The zero-order chi connectivity index (χ0) is 13.4. The first-order valence-electron chi connectivity index (χ1n) is 5.57. The third-order valence-corrected chi connectivity index (χ3v) is 4.25. The second-order valence-electron chi connectivity index (χ2n) is 3.97. The van der Waals surface area contributed by atoms with Gasteiger partial charge in [0, 0.05) is 5.39 Å². The Bertz CT molecular complexity index is 830. The van der Waals surface area contributed by atoms with Crippen molar-refractivity contribution >= 4 is 40.0 Å². The van der Waals surface area contributed by atoms with Crippen molar-refractivity contribution in [3.05, 3.63) is 62.2 Å². The maximum absolute atomic E-state index is 12.0. The van der Waals surface area contributed by atoms with Crippen LogP contribution in [0.2, 0.25) is 5.15 Å². The van der Waals surface area contributed by atoms with E-state index in [9.17, 15) is 9.59 Å². The lowest BCUT2D eigenvalue weighted by molar-refractivity contribution is 0.112. The molecule has 0 radical (unpaired) electrons. The number of hydrogen-bond acceptors (Lipinski definition) is 3. The van der Waals surface area contributed by atoms with Gasteiger partial charge in [0.05, 0.1) is 5.69 Å². The number of fused-ring (bicyclic) bond motifs is 1. The number of thiazole rings is 1. The first kappa shape index (κ1) is 12.1. The molecule has 0 bridgehead atoms. The summed E-state index contributed by atoms with van der Waals surface area (Å²) in [6, 6.07) is 13.4. The second-order valence-corrected chi connectivity index (χ2v) is 5.33. The molecule has 0 spiro atoms. The summed E-state index contributed by atoms with van der Waals surface area (Å²) in [7, 11) is 0. The van der Waals surface area contributed by atoms with Gasteiger partial charge in [-0.3, -0.25) is 14.2 Å². The first-order valence-corrected chi connectivity index (χ1v) is 6.76. The van der Waals surface area contributed by atoms with Gasteiger partial charge in [-0.25, -0.2) is 0 Å². The average Bonchev–Trinajstić information content (AvgIpc) is 2.73. The molecular formula is C14H8ClNO2S. The summed E-state index contributed by atoms with van der Waals surface area (Å²) in [6.07, 6.45) is 0.607. The molecule has 0 atom stereocenters. The van der Waals surface area contributed by atoms with Crippen molar-refractivity contribution in [1.29, 1.82) is 0 Å². The molecule has 2 aromatic carbocycles. The third-order valence-electron chi connectivity index (χ3n) is 2.89. The first-order chi connectivity index (χ1) is 9.22. The van der Waals surface area contributed by atoms with Gasteiger partial charge in [-0.2, -0.15) is 0 Å². The van der Waals surface area contributed by atoms with Gasteiger partial charge >= 0.3 is 4.87 Å². The molecule has 0 aliphatic heterocycles. The minimum absolute atomic E-state index is 0.168. The van der Waals surface area contributed by atoms with E-state index < -0.39 is 0 Å². The molecule has 0 aliphatic rings. The van der Waals surface area contributed by atoms with Crippen LogP contribution in [0.15, 0.2) is 47.3 Å². The molecular weight excluding hydrogens is 282 g/mol. The van der Waals surface area contributed by atoms with Crippen LogP contribution in [0.4, 0.5) is 0 Å². The Morgan fingerprint density at radius 1 is 1.11 bits per heavy atom. The summed E-state index contributed by atoms with van der Waals surface area (Å²) >= 11 is 6.96. The van der Waals surface area contributed by atoms with E-state index in [0.29, 0.717) is 12.0 Å². The molecule has 0 unspecified atom stereocenters. The monoisotopic (exact) mass is 289 g/mol. The number of carbonyl (C=O) groups is 1. The highest BCUT2D eigenvalue weighted by molar-refractivity contribution is 7.11. The summed E-state index contributed by atoms with van der Waals surface area (Å²) in [5.41, 5.74) is 0.692. The van der Waals surface area contributed by atoms with E-state index in [4.69, 9.17) is 11.6 Å². The van der Waals surface area contributed by atoms with Gasteiger partial charge in [0.15, 0.2) is 6.29 Å². The van der Waals surface area contributed by atoms with E-state index in [1.54, 1.807) is 0 Å². The van der Waals surface area contributed by atoms with Crippen LogP contribution in [0.1, 0.15) is 9.67 Å². The molecule has 1 aromatic heterocycles. The Hall–Kier alpha value is -1.91. The molecule has 3 nitrogen and oxygen atoms in total. The number of aldehydes is 1. The third kappa shape index (κ3) is 1.89. The van der Waals surface area contributed by atoms with Gasteiger partial charge in [0.1, 0.15) is 10.0 Å². The Morgan fingerprint density at radius 3 is 2.58 bits per heavy atom. The van der Waals surface area contributed by atoms with Gasteiger partial charge in [-0.05, 0) is 11.5 Å². The fourth-order valence-electron chi connectivity index (χ4n) is 2.05. The Balaban J connectivity index is 2.40. The Morgan fingerprint density at radius 2 is 1.84 bits per heavy atom. The number of hydrogen-bond donors (Lipinski definition) is 0. The number of rotatable bonds is 2. The number of benzene rings is 2. The molecule has 0 saturated heterocycles. The topological polar surface area (TPSA) is 39.1 Å². The summed E-state index contributed by atoms with van der Waals surface area (Å²) in [4.78, 5) is 22.9. The Kier molecular flexibility index (Phi) is 2.97. The zero-order valence-electron chi connectivity index (χ0n) is 9.67. The van der Waals surface area contributed by atoms with Gasteiger partial charge in [0.2, 0.25) is 0 Å². The molecule has 0 aliphatic carbocycles. The summed E-state index contributed by atoms with van der Waals surface area (Å²) in [6.45, 7) is 0. The van der Waals surface area contributed by atoms with Gasteiger partial charge in [-0.1, -0.05) is 59.3 Å². The molecule has 0 amide bonds. The van der Waals surface area contributed by atoms with Crippen LogP contribution >= 0.6 is 22.9 Å². The van der Waals surface area contributed by atoms with Crippen LogP contribution < -0.4 is 4.87 Å². The summed E-state index contributed by atoms with van der Waals surface area (Å²) in [5, 5.41) is 2.10. The smallest absolute Gasteiger partial charge is 0.297 e. The van der Waals surface area contributed by atoms with E-state index in [1.165, 1.54) is 4.57 Å². The SMILES string of the molecule is O=Cc1sc(=O)n(-c2cccc3ccccc23)c1Cl. The van der Waals surface area contributed by atoms with Crippen molar-refractivity contribution in [2.75, 3.05) is 0 Å². The van der Waals surface area contributed by atoms with Crippen molar-refractivity contribution in [2.45, 2.75) is 0 Å². The summed E-state index contributed by atoms with van der Waals surface area (Å²) < 4.78 is 1.37. The van der Waals surface area contributed by atoms with E-state index in [1.807, 2.05) is 42.5 Å². The highest BCUT2D eigenvalue weighted by Crippen LogP contribution is 2.26. The molecule has 3 aromatic rings. The van der Waals surface area contributed by atoms with Crippen molar-refractivity contribution in [3.8, 4) is 5.69 Å². The molecule has 3 rings (SSSR count). The Labute approximate surface area is 117 Å². The van der Waals surface area contributed by atoms with Crippen molar-refractivity contribution in [1.82, 2.24) is 4.57 Å². The quantitative estimate of drug-likeness (QED) is 0.677. The van der Waals surface area contributed by atoms with Crippen molar-refractivity contribution in [2.24, 2.45) is 0 Å².